The maximum atomic E-state index is 9.43. The first-order valence-electron chi connectivity index (χ1n) is 3.85. The lowest BCUT2D eigenvalue weighted by atomic mass is 9.86. The Morgan fingerprint density at radius 3 is 1.55 bits per heavy atom. The average Bonchev–Trinajstić information content (AvgIpc) is 1.82. The summed E-state index contributed by atoms with van der Waals surface area (Å²) in [6.07, 6.45) is -1.66. The van der Waals surface area contributed by atoms with E-state index in [0.717, 1.165) is 0 Å². The fourth-order valence-corrected chi connectivity index (χ4v) is 0.836. The molecule has 0 aromatic carbocycles. The molecule has 0 bridgehead atoms. The normalized spacial score (nSPS) is 21.0. The van der Waals surface area contributed by atoms with Crippen molar-refractivity contribution < 1.29 is 15.3 Å². The van der Waals surface area contributed by atoms with Gasteiger partial charge in [-0.05, 0) is 20.8 Å². The Labute approximate surface area is 67.7 Å². The van der Waals surface area contributed by atoms with Crippen LogP contribution in [0.15, 0.2) is 0 Å². The molecule has 0 spiro atoms. The molecular weight excluding hydrogens is 144 g/mol. The molecule has 0 radical (unpaired) electrons. The van der Waals surface area contributed by atoms with E-state index in [0.29, 0.717) is 0 Å². The smallest absolute Gasteiger partial charge is 0.0848 e. The lowest BCUT2D eigenvalue weighted by molar-refractivity contribution is -0.0797. The van der Waals surface area contributed by atoms with Gasteiger partial charge in [-0.25, -0.2) is 0 Å². The molecule has 0 amide bonds. The molecule has 0 aromatic rings. The molecule has 0 saturated carbocycles. The van der Waals surface area contributed by atoms with Crippen LogP contribution in [0.3, 0.4) is 0 Å². The summed E-state index contributed by atoms with van der Waals surface area (Å²) in [6.45, 7) is 6.44. The van der Waals surface area contributed by atoms with Gasteiger partial charge in [0.05, 0.1) is 17.8 Å². The van der Waals surface area contributed by atoms with Gasteiger partial charge >= 0.3 is 0 Å². The van der Waals surface area contributed by atoms with E-state index in [1.807, 2.05) is 0 Å². The molecule has 0 aromatic heterocycles. The van der Waals surface area contributed by atoms with Gasteiger partial charge in [-0.2, -0.15) is 0 Å². The number of hydrogen-bond acceptors (Lipinski definition) is 3. The predicted octanol–water partition coefficient (Wildman–Crippen LogP) is 0.135. The van der Waals surface area contributed by atoms with Gasteiger partial charge < -0.3 is 15.3 Å². The second-order valence-corrected chi connectivity index (χ2v) is 3.67. The van der Waals surface area contributed by atoms with E-state index in [-0.39, 0.29) is 5.92 Å². The van der Waals surface area contributed by atoms with Crippen molar-refractivity contribution in [1.29, 1.82) is 0 Å². The van der Waals surface area contributed by atoms with Gasteiger partial charge in [-0.3, -0.25) is 0 Å². The van der Waals surface area contributed by atoms with E-state index in [1.54, 1.807) is 20.8 Å². The van der Waals surface area contributed by atoms with E-state index in [4.69, 9.17) is 5.11 Å². The Balaban J connectivity index is 4.13. The zero-order valence-corrected chi connectivity index (χ0v) is 7.57. The minimum atomic E-state index is -0.948. The number of aliphatic hydroxyl groups excluding tert-OH is 2. The third-order valence-corrected chi connectivity index (χ3v) is 2.12. The average molecular weight is 162 g/mol. The van der Waals surface area contributed by atoms with Gasteiger partial charge in [0.2, 0.25) is 0 Å². The van der Waals surface area contributed by atoms with Crippen LogP contribution in [-0.4, -0.2) is 33.1 Å². The molecular formula is C8H18O3. The Hall–Kier alpha value is -0.120. The lowest BCUT2D eigenvalue weighted by Crippen LogP contribution is -2.42. The van der Waals surface area contributed by atoms with Gasteiger partial charge in [-0.15, -0.1) is 0 Å². The van der Waals surface area contributed by atoms with E-state index in [9.17, 15) is 10.2 Å². The van der Waals surface area contributed by atoms with Crippen LogP contribution in [0.25, 0.3) is 0 Å². The molecule has 0 heterocycles. The van der Waals surface area contributed by atoms with Crippen molar-refractivity contribution in [3.05, 3.63) is 0 Å². The van der Waals surface area contributed by atoms with Crippen molar-refractivity contribution in [1.82, 2.24) is 0 Å². The van der Waals surface area contributed by atoms with Crippen LogP contribution in [0, 0.1) is 5.92 Å². The zero-order chi connectivity index (χ0) is 9.23. The minimum absolute atomic E-state index is 0.331. The number of aliphatic hydroxyl groups is 3. The largest absolute Gasteiger partial charge is 0.391 e. The van der Waals surface area contributed by atoms with Crippen LogP contribution in [0.2, 0.25) is 0 Å². The number of rotatable bonds is 3. The fourth-order valence-electron chi connectivity index (χ4n) is 0.836. The molecule has 0 fully saturated rings. The monoisotopic (exact) mass is 162 g/mol. The Morgan fingerprint density at radius 2 is 1.45 bits per heavy atom. The zero-order valence-electron chi connectivity index (χ0n) is 7.57. The number of hydrogen-bond donors (Lipinski definition) is 3. The van der Waals surface area contributed by atoms with Crippen LogP contribution in [-0.2, 0) is 0 Å². The van der Waals surface area contributed by atoms with E-state index in [2.05, 4.69) is 0 Å². The highest BCUT2D eigenvalue weighted by molar-refractivity contribution is 4.81. The van der Waals surface area contributed by atoms with Gasteiger partial charge in [0, 0.05) is 5.92 Å². The molecule has 3 unspecified atom stereocenters. The first-order chi connectivity index (χ1) is 4.76. The summed E-state index contributed by atoms with van der Waals surface area (Å²) >= 11 is 0. The Bertz CT molecular complexity index is 115. The maximum absolute atomic E-state index is 9.43. The molecule has 0 rings (SSSR count). The molecule has 3 N–H and O–H groups in total. The summed E-state index contributed by atoms with van der Waals surface area (Å²) in [5, 5.41) is 27.7. The van der Waals surface area contributed by atoms with Crippen LogP contribution in [0.5, 0.6) is 0 Å². The van der Waals surface area contributed by atoms with Crippen LogP contribution in [0.4, 0.5) is 0 Å². The third-order valence-electron chi connectivity index (χ3n) is 2.12. The topological polar surface area (TPSA) is 60.7 Å². The molecule has 3 nitrogen and oxygen atoms in total. The molecule has 3 atom stereocenters. The first kappa shape index (κ1) is 10.9. The predicted molar refractivity (Wildman–Crippen MR) is 43.1 cm³/mol. The second kappa shape index (κ2) is 3.52. The summed E-state index contributed by atoms with van der Waals surface area (Å²) in [6, 6.07) is 0. The van der Waals surface area contributed by atoms with E-state index < -0.39 is 17.8 Å². The molecule has 0 saturated heterocycles. The molecule has 3 heteroatoms. The maximum Gasteiger partial charge on any atom is 0.0848 e. The third kappa shape index (κ3) is 3.18. The quantitative estimate of drug-likeness (QED) is 0.553. The van der Waals surface area contributed by atoms with Crippen LogP contribution >= 0.6 is 0 Å². The highest BCUT2D eigenvalue weighted by Crippen LogP contribution is 2.21. The van der Waals surface area contributed by atoms with Crippen LogP contribution < -0.4 is 0 Å². The standard InChI is InChI=1S/C8H18O3/c1-5(8(3,4)11)7(10)6(2)9/h5-7,9-11H,1-4H3. The molecule has 11 heavy (non-hydrogen) atoms. The van der Waals surface area contributed by atoms with Crippen LogP contribution in [0.1, 0.15) is 27.7 Å². The SMILES string of the molecule is CC(O)C(O)C(C)C(C)(C)O. The summed E-state index contributed by atoms with van der Waals surface area (Å²) < 4.78 is 0. The highest BCUT2D eigenvalue weighted by atomic mass is 16.3. The van der Waals surface area contributed by atoms with Crippen molar-refractivity contribution in [2.24, 2.45) is 5.92 Å². The Kier molecular flexibility index (Phi) is 3.48. The van der Waals surface area contributed by atoms with Gasteiger partial charge in [0.25, 0.3) is 0 Å². The minimum Gasteiger partial charge on any atom is -0.391 e. The summed E-state index contributed by atoms with van der Waals surface area (Å²) in [5.74, 6) is -0.331. The summed E-state index contributed by atoms with van der Waals surface area (Å²) in [5.41, 5.74) is -0.948. The van der Waals surface area contributed by atoms with Crippen molar-refractivity contribution in [3.8, 4) is 0 Å². The van der Waals surface area contributed by atoms with Gasteiger partial charge in [0.1, 0.15) is 0 Å². The molecule has 68 valence electrons. The van der Waals surface area contributed by atoms with Crippen molar-refractivity contribution in [2.45, 2.75) is 45.5 Å². The first-order valence-corrected chi connectivity index (χ1v) is 3.85. The second-order valence-electron chi connectivity index (χ2n) is 3.67. The Morgan fingerprint density at radius 1 is 1.09 bits per heavy atom. The van der Waals surface area contributed by atoms with E-state index >= 15 is 0 Å². The summed E-state index contributed by atoms with van der Waals surface area (Å²) in [7, 11) is 0. The van der Waals surface area contributed by atoms with Crippen molar-refractivity contribution >= 4 is 0 Å². The van der Waals surface area contributed by atoms with Crippen molar-refractivity contribution in [2.75, 3.05) is 0 Å². The van der Waals surface area contributed by atoms with Gasteiger partial charge in [0.15, 0.2) is 0 Å². The lowest BCUT2D eigenvalue weighted by Gasteiger charge is -2.31. The molecule has 0 aliphatic rings. The summed E-state index contributed by atoms with van der Waals surface area (Å²) in [4.78, 5) is 0. The van der Waals surface area contributed by atoms with E-state index in [1.165, 1.54) is 6.92 Å². The fraction of sp³-hybridized carbons (Fsp3) is 1.00. The highest BCUT2D eigenvalue weighted by Gasteiger charge is 2.31. The molecule has 0 aliphatic carbocycles. The van der Waals surface area contributed by atoms with Crippen molar-refractivity contribution in [3.63, 3.8) is 0 Å². The molecule has 0 aliphatic heterocycles. The van der Waals surface area contributed by atoms with Gasteiger partial charge in [-0.1, -0.05) is 6.92 Å².